The molecule has 1 aromatic carbocycles. The fourth-order valence-corrected chi connectivity index (χ4v) is 2.49. The van der Waals surface area contributed by atoms with Gasteiger partial charge in [0, 0.05) is 23.2 Å². The lowest BCUT2D eigenvalue weighted by Crippen LogP contribution is -2.35. The number of carbonyl (C=O) groups excluding carboxylic acids is 2. The maximum absolute atomic E-state index is 12.0. The quantitative estimate of drug-likeness (QED) is 0.772. The van der Waals surface area contributed by atoms with E-state index in [1.807, 2.05) is 6.92 Å². The van der Waals surface area contributed by atoms with Gasteiger partial charge in [-0.25, -0.2) is 0 Å². The van der Waals surface area contributed by atoms with Crippen molar-refractivity contribution in [1.29, 1.82) is 0 Å². The van der Waals surface area contributed by atoms with E-state index >= 15 is 0 Å². The van der Waals surface area contributed by atoms with Gasteiger partial charge < -0.3 is 9.64 Å². The molecule has 96 valence electrons. The average Bonchev–Trinajstić information content (AvgIpc) is 2.64. The summed E-state index contributed by atoms with van der Waals surface area (Å²) in [6.45, 7) is 1.84. The topological polar surface area (TPSA) is 46.6 Å². The minimum Gasteiger partial charge on any atom is -0.469 e. The van der Waals surface area contributed by atoms with E-state index in [1.54, 1.807) is 29.2 Å². The summed E-state index contributed by atoms with van der Waals surface area (Å²) < 4.78 is 4.72. The van der Waals surface area contributed by atoms with Crippen molar-refractivity contribution in [3.8, 4) is 0 Å². The van der Waals surface area contributed by atoms with Crippen molar-refractivity contribution in [1.82, 2.24) is 0 Å². The Kier molecular flexibility index (Phi) is 3.57. The van der Waals surface area contributed by atoms with Crippen LogP contribution in [0, 0.1) is 5.92 Å². The van der Waals surface area contributed by atoms with Gasteiger partial charge >= 0.3 is 5.97 Å². The molecule has 18 heavy (non-hydrogen) atoms. The Balaban J connectivity index is 2.29. The average molecular weight is 268 g/mol. The van der Waals surface area contributed by atoms with Crippen molar-refractivity contribution in [3.63, 3.8) is 0 Å². The Morgan fingerprint density at radius 1 is 1.50 bits per heavy atom. The van der Waals surface area contributed by atoms with Crippen LogP contribution in [0.15, 0.2) is 24.3 Å². The second-order valence-electron chi connectivity index (χ2n) is 4.32. The first-order valence-corrected chi connectivity index (χ1v) is 6.08. The minimum absolute atomic E-state index is 0.0832. The molecule has 2 atom stereocenters. The van der Waals surface area contributed by atoms with Crippen LogP contribution >= 0.6 is 11.6 Å². The monoisotopic (exact) mass is 267 g/mol. The van der Waals surface area contributed by atoms with Gasteiger partial charge in [0.05, 0.1) is 13.0 Å². The lowest BCUT2D eigenvalue weighted by atomic mass is 10.0. The van der Waals surface area contributed by atoms with Crippen LogP contribution in [-0.2, 0) is 14.3 Å². The molecule has 1 amide bonds. The highest BCUT2D eigenvalue weighted by molar-refractivity contribution is 6.31. The van der Waals surface area contributed by atoms with Crippen LogP contribution in [0.3, 0.4) is 0 Å². The van der Waals surface area contributed by atoms with E-state index in [1.165, 1.54) is 7.11 Å². The van der Waals surface area contributed by atoms with E-state index in [-0.39, 0.29) is 24.3 Å². The normalized spacial score (nSPS) is 23.3. The maximum atomic E-state index is 12.0. The summed E-state index contributed by atoms with van der Waals surface area (Å²) in [5, 5.41) is 0.564. The number of benzene rings is 1. The number of hydrogen-bond acceptors (Lipinski definition) is 3. The number of amides is 1. The largest absolute Gasteiger partial charge is 0.469 e. The number of rotatable bonds is 2. The molecule has 1 heterocycles. The van der Waals surface area contributed by atoms with Crippen molar-refractivity contribution in [2.45, 2.75) is 19.4 Å². The Labute approximate surface area is 110 Å². The molecule has 2 unspecified atom stereocenters. The van der Waals surface area contributed by atoms with Crippen molar-refractivity contribution >= 4 is 29.2 Å². The molecule has 1 aromatic rings. The van der Waals surface area contributed by atoms with E-state index in [0.717, 1.165) is 0 Å². The summed E-state index contributed by atoms with van der Waals surface area (Å²) in [6.07, 6.45) is 0.181. The van der Waals surface area contributed by atoms with Gasteiger partial charge in [-0.1, -0.05) is 17.7 Å². The van der Waals surface area contributed by atoms with Gasteiger partial charge in [0.15, 0.2) is 0 Å². The molecular weight excluding hydrogens is 254 g/mol. The smallest absolute Gasteiger partial charge is 0.311 e. The predicted molar refractivity (Wildman–Crippen MR) is 68.5 cm³/mol. The number of nitrogens with zero attached hydrogens (tertiary/aromatic N) is 1. The summed E-state index contributed by atoms with van der Waals surface area (Å²) in [5.74, 6) is -0.845. The molecule has 0 radical (unpaired) electrons. The second kappa shape index (κ2) is 4.98. The van der Waals surface area contributed by atoms with Gasteiger partial charge in [0.2, 0.25) is 5.91 Å². The van der Waals surface area contributed by atoms with Crippen LogP contribution < -0.4 is 4.90 Å². The highest BCUT2D eigenvalue weighted by atomic mass is 35.5. The Bertz CT molecular complexity index is 489. The number of anilines is 1. The predicted octanol–water partition coefficient (Wildman–Crippen LogP) is 2.25. The third kappa shape index (κ3) is 2.20. The molecule has 0 aromatic heterocycles. The molecule has 0 N–H and O–H groups in total. The van der Waals surface area contributed by atoms with E-state index < -0.39 is 5.92 Å². The van der Waals surface area contributed by atoms with Gasteiger partial charge in [0.25, 0.3) is 0 Å². The number of esters is 1. The van der Waals surface area contributed by atoms with E-state index in [0.29, 0.717) is 10.7 Å². The van der Waals surface area contributed by atoms with Gasteiger partial charge in [-0.05, 0) is 25.1 Å². The lowest BCUT2D eigenvalue weighted by Gasteiger charge is -2.24. The molecule has 0 saturated carbocycles. The molecule has 5 heteroatoms. The molecule has 1 aliphatic heterocycles. The first-order valence-electron chi connectivity index (χ1n) is 5.70. The summed E-state index contributed by atoms with van der Waals surface area (Å²) in [4.78, 5) is 25.2. The van der Waals surface area contributed by atoms with Crippen LogP contribution in [0.5, 0.6) is 0 Å². The van der Waals surface area contributed by atoms with Crippen LogP contribution in [0.2, 0.25) is 5.02 Å². The fourth-order valence-electron chi connectivity index (χ4n) is 2.30. The summed E-state index contributed by atoms with van der Waals surface area (Å²) in [6, 6.07) is 6.83. The van der Waals surface area contributed by atoms with Gasteiger partial charge in [-0.15, -0.1) is 0 Å². The van der Waals surface area contributed by atoms with Crippen LogP contribution in [0.25, 0.3) is 0 Å². The summed E-state index contributed by atoms with van der Waals surface area (Å²) in [5.41, 5.74) is 0.714. The highest BCUT2D eigenvalue weighted by Gasteiger charge is 2.42. The molecule has 1 aliphatic rings. The van der Waals surface area contributed by atoms with Gasteiger partial charge in [0.1, 0.15) is 0 Å². The van der Waals surface area contributed by atoms with Crippen LogP contribution in [0.1, 0.15) is 13.3 Å². The van der Waals surface area contributed by atoms with Gasteiger partial charge in [-0.2, -0.15) is 0 Å². The highest BCUT2D eigenvalue weighted by Crippen LogP contribution is 2.32. The third-order valence-corrected chi connectivity index (χ3v) is 3.48. The summed E-state index contributed by atoms with van der Waals surface area (Å²) in [7, 11) is 1.33. The van der Waals surface area contributed by atoms with Crippen LogP contribution in [0.4, 0.5) is 5.69 Å². The molecule has 0 spiro atoms. The van der Waals surface area contributed by atoms with Crippen molar-refractivity contribution < 1.29 is 14.3 Å². The van der Waals surface area contributed by atoms with Gasteiger partial charge in [-0.3, -0.25) is 9.59 Å². The molecule has 1 saturated heterocycles. The maximum Gasteiger partial charge on any atom is 0.311 e. The number of ether oxygens (including phenoxy) is 1. The van der Waals surface area contributed by atoms with E-state index in [9.17, 15) is 9.59 Å². The van der Waals surface area contributed by atoms with E-state index in [4.69, 9.17) is 16.3 Å². The van der Waals surface area contributed by atoms with E-state index in [2.05, 4.69) is 0 Å². The van der Waals surface area contributed by atoms with Crippen molar-refractivity contribution in [3.05, 3.63) is 29.3 Å². The molecule has 0 bridgehead atoms. The molecule has 4 nitrogen and oxygen atoms in total. The molecule has 1 fully saturated rings. The number of methoxy groups -OCH3 is 1. The standard InChI is InChI=1S/C13H14ClNO3/c1-8-11(13(17)18-2)7-12(16)15(8)10-5-3-4-9(14)6-10/h3-6,8,11H,7H2,1-2H3. The lowest BCUT2D eigenvalue weighted by molar-refractivity contribution is -0.146. The summed E-state index contributed by atoms with van der Waals surface area (Å²) >= 11 is 5.92. The first kappa shape index (κ1) is 12.9. The number of carbonyl (C=O) groups is 2. The zero-order chi connectivity index (χ0) is 13.3. The Morgan fingerprint density at radius 2 is 2.22 bits per heavy atom. The molecule has 2 rings (SSSR count). The zero-order valence-electron chi connectivity index (χ0n) is 10.2. The zero-order valence-corrected chi connectivity index (χ0v) is 11.0. The number of halogens is 1. The Morgan fingerprint density at radius 3 is 2.83 bits per heavy atom. The van der Waals surface area contributed by atoms with Crippen molar-refractivity contribution in [2.75, 3.05) is 12.0 Å². The SMILES string of the molecule is COC(=O)C1CC(=O)N(c2cccc(Cl)c2)C1C. The minimum atomic E-state index is -0.415. The third-order valence-electron chi connectivity index (χ3n) is 3.24. The fraction of sp³-hybridized carbons (Fsp3) is 0.385. The number of hydrogen-bond donors (Lipinski definition) is 0. The second-order valence-corrected chi connectivity index (χ2v) is 4.75. The first-order chi connectivity index (χ1) is 8.54. The molecule has 0 aliphatic carbocycles. The van der Waals surface area contributed by atoms with Crippen LogP contribution in [-0.4, -0.2) is 25.0 Å². The molecular formula is C13H14ClNO3. The Hall–Kier alpha value is -1.55. The van der Waals surface area contributed by atoms with Crippen molar-refractivity contribution in [2.24, 2.45) is 5.92 Å².